The summed E-state index contributed by atoms with van der Waals surface area (Å²) in [5, 5.41) is 0. The van der Waals surface area contributed by atoms with Crippen molar-refractivity contribution in [2.75, 3.05) is 0 Å². The molecule has 0 aromatic carbocycles. The van der Waals surface area contributed by atoms with E-state index in [9.17, 15) is 4.80 Å². The monoisotopic (exact) mass is 150 g/mol. The van der Waals surface area contributed by atoms with Gasteiger partial charge in [0, 0.05) is 0 Å². The summed E-state index contributed by atoms with van der Waals surface area (Å²) in [5.74, 6) is 0. The second-order valence-corrected chi connectivity index (χ2v) is 7.12. The van der Waals surface area contributed by atoms with E-state index in [2.05, 4.69) is 0 Å². The van der Waals surface area contributed by atoms with Crippen LogP contribution in [0.4, 0.5) is 0 Å². The first-order chi connectivity index (χ1) is 3.48. The molecule has 0 heterocycles. The minimum absolute atomic E-state index is 0.106. The molecule has 8 heavy (non-hydrogen) atoms. The maximum absolute atomic E-state index is 9.32. The normalized spacial score (nSPS) is 16.5. The summed E-state index contributed by atoms with van der Waals surface area (Å²) < 4.78 is 5.07. The molecule has 0 amide bonds. The standard InChI is InChI=1S/C4H14O2Si2/c1-4(6-7)8(2,3)5/h4-5H,1-3,7H3. The Morgan fingerprint density at radius 3 is 2.00 bits per heavy atom. The SMILES string of the molecule is CC(O[SiH3])[Si](C)(C)O. The molecule has 0 fully saturated rings. The first-order valence-electron chi connectivity index (χ1n) is 2.73. The van der Waals surface area contributed by atoms with Crippen LogP contribution in [-0.2, 0) is 4.43 Å². The van der Waals surface area contributed by atoms with Crippen LogP contribution in [0, 0.1) is 0 Å². The van der Waals surface area contributed by atoms with Crippen LogP contribution < -0.4 is 0 Å². The van der Waals surface area contributed by atoms with Crippen LogP contribution in [0.15, 0.2) is 0 Å². The van der Waals surface area contributed by atoms with E-state index < -0.39 is 8.32 Å². The van der Waals surface area contributed by atoms with Crippen molar-refractivity contribution in [2.45, 2.75) is 25.7 Å². The zero-order chi connectivity index (χ0) is 6.78. The van der Waals surface area contributed by atoms with Crippen molar-refractivity contribution < 1.29 is 9.22 Å². The van der Waals surface area contributed by atoms with Crippen LogP contribution in [0.25, 0.3) is 0 Å². The van der Waals surface area contributed by atoms with Gasteiger partial charge < -0.3 is 9.22 Å². The van der Waals surface area contributed by atoms with E-state index in [0.29, 0.717) is 0 Å². The third-order valence-electron chi connectivity index (χ3n) is 1.35. The van der Waals surface area contributed by atoms with Gasteiger partial charge in [0.05, 0.1) is 5.73 Å². The minimum atomic E-state index is -1.95. The van der Waals surface area contributed by atoms with Gasteiger partial charge in [0.1, 0.15) is 10.5 Å². The Labute approximate surface area is 54.5 Å². The topological polar surface area (TPSA) is 29.5 Å². The summed E-state index contributed by atoms with van der Waals surface area (Å²) in [6, 6.07) is 0. The maximum Gasteiger partial charge on any atom is 0.209 e. The van der Waals surface area contributed by atoms with Gasteiger partial charge in [0.25, 0.3) is 0 Å². The first kappa shape index (κ1) is 8.35. The van der Waals surface area contributed by atoms with Gasteiger partial charge in [-0.3, -0.25) is 0 Å². The average molecular weight is 150 g/mol. The molecule has 0 aliphatic carbocycles. The molecule has 1 atom stereocenters. The van der Waals surface area contributed by atoms with Crippen molar-refractivity contribution in [3.05, 3.63) is 0 Å². The molecule has 0 rings (SSSR count). The predicted molar refractivity (Wildman–Crippen MR) is 40.2 cm³/mol. The van der Waals surface area contributed by atoms with Gasteiger partial charge in [-0.1, -0.05) is 0 Å². The fourth-order valence-electron chi connectivity index (χ4n) is 0.288. The lowest BCUT2D eigenvalue weighted by molar-refractivity contribution is 0.289. The third-order valence-corrected chi connectivity index (χ3v) is 4.75. The molecule has 0 aromatic heterocycles. The van der Waals surface area contributed by atoms with Crippen LogP contribution in [0.1, 0.15) is 6.92 Å². The Kier molecular flexibility index (Phi) is 2.89. The first-order valence-corrected chi connectivity index (χ1v) is 6.57. The van der Waals surface area contributed by atoms with Crippen LogP contribution in [-0.4, -0.2) is 29.3 Å². The summed E-state index contributed by atoms with van der Waals surface area (Å²) in [4.78, 5) is 9.32. The molecule has 1 unspecified atom stereocenters. The fourth-order valence-corrected chi connectivity index (χ4v) is 2.60. The van der Waals surface area contributed by atoms with E-state index in [1.165, 1.54) is 0 Å². The quantitative estimate of drug-likeness (QED) is 0.533. The van der Waals surface area contributed by atoms with Gasteiger partial charge in [0.2, 0.25) is 8.32 Å². The molecule has 0 radical (unpaired) electrons. The molecular weight excluding hydrogens is 136 g/mol. The smallest absolute Gasteiger partial charge is 0.209 e. The van der Waals surface area contributed by atoms with Gasteiger partial charge in [-0.2, -0.15) is 0 Å². The van der Waals surface area contributed by atoms with Gasteiger partial charge >= 0.3 is 0 Å². The minimum Gasteiger partial charge on any atom is -0.430 e. The van der Waals surface area contributed by atoms with Crippen molar-refractivity contribution in [2.24, 2.45) is 0 Å². The summed E-state index contributed by atoms with van der Waals surface area (Å²) in [6.07, 6.45) is 0. The highest BCUT2D eigenvalue weighted by atomic mass is 28.4. The van der Waals surface area contributed by atoms with Crippen molar-refractivity contribution in [1.82, 2.24) is 0 Å². The summed E-state index contributed by atoms with van der Waals surface area (Å²) in [6.45, 7) is 5.70. The average Bonchev–Trinajstić information content (AvgIpc) is 1.62. The van der Waals surface area contributed by atoms with Crippen molar-refractivity contribution in [3.8, 4) is 0 Å². The van der Waals surface area contributed by atoms with E-state index in [1.54, 1.807) is 0 Å². The summed E-state index contributed by atoms with van der Waals surface area (Å²) >= 11 is 0. The van der Waals surface area contributed by atoms with Crippen molar-refractivity contribution in [1.29, 1.82) is 0 Å². The molecule has 50 valence electrons. The van der Waals surface area contributed by atoms with Gasteiger partial charge in [-0.25, -0.2) is 0 Å². The van der Waals surface area contributed by atoms with E-state index >= 15 is 0 Å². The highest BCUT2D eigenvalue weighted by molar-refractivity contribution is 6.71. The molecule has 0 aliphatic rings. The van der Waals surface area contributed by atoms with Gasteiger partial charge in [-0.15, -0.1) is 0 Å². The Morgan fingerprint density at radius 1 is 1.62 bits per heavy atom. The van der Waals surface area contributed by atoms with Gasteiger partial charge in [0.15, 0.2) is 0 Å². The molecule has 0 spiro atoms. The summed E-state index contributed by atoms with van der Waals surface area (Å²) in [5.41, 5.74) is 0.106. The van der Waals surface area contributed by atoms with Crippen LogP contribution >= 0.6 is 0 Å². The fraction of sp³-hybridized carbons (Fsp3) is 1.00. The Hall–Kier alpha value is 0.354. The van der Waals surface area contributed by atoms with Gasteiger partial charge in [-0.05, 0) is 20.0 Å². The highest BCUT2D eigenvalue weighted by Gasteiger charge is 2.24. The zero-order valence-corrected chi connectivity index (χ0v) is 8.93. The highest BCUT2D eigenvalue weighted by Crippen LogP contribution is 2.04. The number of rotatable bonds is 2. The predicted octanol–water partition coefficient (Wildman–Crippen LogP) is -0.592. The number of hydrogen-bond donors (Lipinski definition) is 1. The second kappa shape index (κ2) is 2.77. The maximum atomic E-state index is 9.32. The third kappa shape index (κ3) is 2.61. The largest absolute Gasteiger partial charge is 0.430 e. The molecule has 2 nitrogen and oxygen atoms in total. The number of hydrogen-bond acceptors (Lipinski definition) is 2. The molecule has 0 aromatic rings. The van der Waals surface area contributed by atoms with Crippen LogP contribution in [0.2, 0.25) is 13.1 Å². The Balaban J connectivity index is 3.62. The molecule has 1 N–H and O–H groups in total. The van der Waals surface area contributed by atoms with Crippen molar-refractivity contribution in [3.63, 3.8) is 0 Å². The molecule has 0 saturated heterocycles. The zero-order valence-electron chi connectivity index (χ0n) is 5.93. The van der Waals surface area contributed by atoms with Crippen LogP contribution in [0.5, 0.6) is 0 Å². The Morgan fingerprint density at radius 2 is 2.00 bits per heavy atom. The molecular formula is C4H14O2Si2. The van der Waals surface area contributed by atoms with E-state index in [-0.39, 0.29) is 5.73 Å². The lowest BCUT2D eigenvalue weighted by atomic mass is 10.9. The second-order valence-electron chi connectivity index (χ2n) is 2.53. The lowest BCUT2D eigenvalue weighted by Crippen LogP contribution is -2.40. The van der Waals surface area contributed by atoms with Crippen molar-refractivity contribution >= 4 is 18.8 Å². The lowest BCUT2D eigenvalue weighted by Gasteiger charge is -2.21. The van der Waals surface area contributed by atoms with E-state index in [4.69, 9.17) is 4.43 Å². The molecule has 0 saturated carbocycles. The van der Waals surface area contributed by atoms with E-state index in [1.807, 2.05) is 20.0 Å². The molecule has 0 bridgehead atoms. The summed E-state index contributed by atoms with van der Waals surface area (Å²) in [7, 11) is -1.22. The Bertz CT molecular complexity index is 68.9. The molecule has 0 aliphatic heterocycles. The molecule has 4 heteroatoms. The van der Waals surface area contributed by atoms with E-state index in [0.717, 1.165) is 10.5 Å². The van der Waals surface area contributed by atoms with Crippen LogP contribution in [0.3, 0.4) is 0 Å².